The molecule has 2 atom stereocenters. The highest BCUT2D eigenvalue weighted by molar-refractivity contribution is 9.10. The lowest BCUT2D eigenvalue weighted by molar-refractivity contribution is 0.0946. The van der Waals surface area contributed by atoms with E-state index in [4.69, 9.17) is 10.2 Å². The van der Waals surface area contributed by atoms with E-state index in [0.29, 0.717) is 12.4 Å². The van der Waals surface area contributed by atoms with E-state index in [1.807, 2.05) is 31.2 Å². The predicted octanol–water partition coefficient (Wildman–Crippen LogP) is 3.41. The molecule has 22 heavy (non-hydrogen) atoms. The average molecular weight is 366 g/mol. The molecule has 0 fully saturated rings. The minimum absolute atomic E-state index is 0.247. The van der Waals surface area contributed by atoms with Gasteiger partial charge in [-0.2, -0.15) is 0 Å². The summed E-state index contributed by atoms with van der Waals surface area (Å²) in [5.74, 6) is 0.379. The van der Waals surface area contributed by atoms with E-state index in [-0.39, 0.29) is 23.6 Å². The summed E-state index contributed by atoms with van der Waals surface area (Å²) >= 11 is 3.40. The number of nitrogens with one attached hydrogen (secondary N) is 1. The molecule has 0 aliphatic heterocycles. The van der Waals surface area contributed by atoms with E-state index in [0.717, 1.165) is 16.5 Å². The van der Waals surface area contributed by atoms with Crippen LogP contribution >= 0.6 is 15.9 Å². The Morgan fingerprint density at radius 2 is 2.27 bits per heavy atom. The molecule has 0 aliphatic carbocycles. The highest BCUT2D eigenvalue weighted by atomic mass is 79.9. The maximum absolute atomic E-state index is 12.1. The van der Waals surface area contributed by atoms with Crippen LogP contribution in [0.15, 0.2) is 39.4 Å². The molecule has 0 radical (unpaired) electrons. The third kappa shape index (κ3) is 4.18. The van der Waals surface area contributed by atoms with Crippen LogP contribution in [0, 0.1) is 5.92 Å². The van der Waals surface area contributed by atoms with Crippen molar-refractivity contribution in [1.29, 1.82) is 0 Å². The van der Waals surface area contributed by atoms with Gasteiger partial charge in [0.25, 0.3) is 5.91 Å². The number of carbonyl (C=O) groups is 1. The molecule has 1 aromatic heterocycles. The van der Waals surface area contributed by atoms with Crippen LogP contribution in [-0.4, -0.2) is 10.9 Å². The summed E-state index contributed by atoms with van der Waals surface area (Å²) in [6.45, 7) is 4.51. The number of hydrogen-bond donors (Lipinski definition) is 2. The van der Waals surface area contributed by atoms with E-state index >= 15 is 0 Å². The van der Waals surface area contributed by atoms with Crippen molar-refractivity contribution in [2.24, 2.45) is 11.7 Å². The molecule has 1 heterocycles. The van der Waals surface area contributed by atoms with Gasteiger partial charge in [-0.1, -0.05) is 48.3 Å². The van der Waals surface area contributed by atoms with Gasteiger partial charge < -0.3 is 15.5 Å². The van der Waals surface area contributed by atoms with E-state index in [1.165, 1.54) is 6.26 Å². The Balaban J connectivity index is 1.97. The molecule has 5 nitrogen and oxygen atoms in total. The lowest BCUT2D eigenvalue weighted by atomic mass is 10.0. The molecule has 0 bridgehead atoms. The Hall–Kier alpha value is -1.66. The van der Waals surface area contributed by atoms with Crippen molar-refractivity contribution in [3.8, 4) is 0 Å². The highest BCUT2D eigenvalue weighted by Crippen LogP contribution is 2.21. The first-order chi connectivity index (χ1) is 10.5. The largest absolute Gasteiger partial charge is 0.446 e. The number of hydrogen-bond acceptors (Lipinski definition) is 4. The summed E-state index contributed by atoms with van der Waals surface area (Å²) in [6.07, 6.45) is 2.28. The Kier molecular flexibility index (Phi) is 5.74. The van der Waals surface area contributed by atoms with Gasteiger partial charge in [-0.25, -0.2) is 4.98 Å². The third-order valence-electron chi connectivity index (χ3n) is 3.64. The molecule has 2 rings (SSSR count). The molecular weight excluding hydrogens is 346 g/mol. The second-order valence-corrected chi connectivity index (χ2v) is 6.21. The fourth-order valence-corrected chi connectivity index (χ4v) is 2.41. The zero-order valence-electron chi connectivity index (χ0n) is 12.7. The molecular formula is C16H20BrN3O2. The number of nitrogens with two attached hydrogens (primary N) is 1. The van der Waals surface area contributed by atoms with Crippen LogP contribution in [0.5, 0.6) is 0 Å². The van der Waals surface area contributed by atoms with Crippen LogP contribution in [0.4, 0.5) is 0 Å². The Morgan fingerprint density at radius 3 is 2.95 bits per heavy atom. The van der Waals surface area contributed by atoms with Crippen LogP contribution in [0.2, 0.25) is 0 Å². The number of rotatable bonds is 6. The molecule has 0 spiro atoms. The number of nitrogens with zero attached hydrogens (tertiary/aromatic N) is 1. The quantitative estimate of drug-likeness (QED) is 0.821. The smallest absolute Gasteiger partial charge is 0.273 e. The molecule has 1 aromatic carbocycles. The first-order valence-electron chi connectivity index (χ1n) is 7.25. The molecule has 118 valence electrons. The van der Waals surface area contributed by atoms with Crippen molar-refractivity contribution in [2.45, 2.75) is 32.9 Å². The molecule has 6 heteroatoms. The normalized spacial score (nSPS) is 13.6. The number of oxazole rings is 1. The van der Waals surface area contributed by atoms with E-state index < -0.39 is 0 Å². The molecule has 0 aliphatic rings. The number of amides is 1. The van der Waals surface area contributed by atoms with Gasteiger partial charge in [0.2, 0.25) is 5.89 Å². The minimum Gasteiger partial charge on any atom is -0.446 e. The topological polar surface area (TPSA) is 81.1 Å². The van der Waals surface area contributed by atoms with Crippen LogP contribution in [-0.2, 0) is 6.54 Å². The van der Waals surface area contributed by atoms with Gasteiger partial charge in [-0.15, -0.1) is 0 Å². The van der Waals surface area contributed by atoms with Crippen LogP contribution in [0.3, 0.4) is 0 Å². The van der Waals surface area contributed by atoms with Gasteiger partial charge in [0.15, 0.2) is 5.69 Å². The Labute approximate surface area is 138 Å². The zero-order chi connectivity index (χ0) is 16.1. The van der Waals surface area contributed by atoms with Gasteiger partial charge in [-0.3, -0.25) is 4.79 Å². The first-order valence-corrected chi connectivity index (χ1v) is 8.04. The third-order valence-corrected chi connectivity index (χ3v) is 4.13. The second-order valence-electron chi connectivity index (χ2n) is 5.29. The average Bonchev–Trinajstić information content (AvgIpc) is 3.01. The van der Waals surface area contributed by atoms with Crippen molar-refractivity contribution in [1.82, 2.24) is 10.3 Å². The summed E-state index contributed by atoms with van der Waals surface area (Å²) in [5.41, 5.74) is 7.31. The lowest BCUT2D eigenvalue weighted by Gasteiger charge is -2.13. The van der Waals surface area contributed by atoms with E-state index in [9.17, 15) is 4.79 Å². The lowest BCUT2D eigenvalue weighted by Crippen LogP contribution is -2.24. The van der Waals surface area contributed by atoms with Crippen molar-refractivity contribution in [3.63, 3.8) is 0 Å². The monoisotopic (exact) mass is 365 g/mol. The summed E-state index contributed by atoms with van der Waals surface area (Å²) in [4.78, 5) is 16.3. The van der Waals surface area contributed by atoms with Crippen molar-refractivity contribution < 1.29 is 9.21 Å². The highest BCUT2D eigenvalue weighted by Gasteiger charge is 2.20. The summed E-state index contributed by atoms with van der Waals surface area (Å²) < 4.78 is 6.31. The van der Waals surface area contributed by atoms with Gasteiger partial charge in [0.05, 0.1) is 6.04 Å². The number of aromatic nitrogens is 1. The van der Waals surface area contributed by atoms with Crippen molar-refractivity contribution >= 4 is 21.8 Å². The van der Waals surface area contributed by atoms with Gasteiger partial charge in [0.1, 0.15) is 6.26 Å². The first kappa shape index (κ1) is 16.7. The second kappa shape index (κ2) is 7.56. The molecule has 0 saturated heterocycles. The molecule has 1 amide bonds. The summed E-state index contributed by atoms with van der Waals surface area (Å²) in [5, 5.41) is 2.81. The number of halogens is 1. The summed E-state index contributed by atoms with van der Waals surface area (Å²) in [7, 11) is 0. The Morgan fingerprint density at radius 1 is 1.50 bits per heavy atom. The zero-order valence-corrected chi connectivity index (χ0v) is 14.3. The predicted molar refractivity (Wildman–Crippen MR) is 88.2 cm³/mol. The van der Waals surface area contributed by atoms with Gasteiger partial charge >= 0.3 is 0 Å². The van der Waals surface area contributed by atoms with E-state index in [2.05, 4.69) is 33.2 Å². The summed E-state index contributed by atoms with van der Waals surface area (Å²) in [6, 6.07) is 7.46. The van der Waals surface area contributed by atoms with Crippen LogP contribution in [0.25, 0.3) is 0 Å². The number of benzene rings is 1. The molecule has 2 aromatic rings. The van der Waals surface area contributed by atoms with Crippen molar-refractivity contribution in [3.05, 3.63) is 52.1 Å². The van der Waals surface area contributed by atoms with Gasteiger partial charge in [0, 0.05) is 11.0 Å². The SMILES string of the molecule is CCC(C)C(N)c1nc(C(=O)NCc2cccc(Br)c2)co1. The fourth-order valence-electron chi connectivity index (χ4n) is 1.96. The number of carbonyl (C=O) groups excluding carboxylic acids is 1. The molecule has 2 unspecified atom stereocenters. The Bertz CT molecular complexity index is 642. The molecule has 3 N–H and O–H groups in total. The van der Waals surface area contributed by atoms with Gasteiger partial charge in [-0.05, 0) is 23.6 Å². The maximum Gasteiger partial charge on any atom is 0.273 e. The van der Waals surface area contributed by atoms with E-state index in [1.54, 1.807) is 0 Å². The van der Waals surface area contributed by atoms with Crippen LogP contribution in [0.1, 0.15) is 48.3 Å². The standard InChI is InChI=1S/C16H20BrN3O2/c1-3-10(2)14(18)16-20-13(9-22-16)15(21)19-8-11-5-4-6-12(17)7-11/h4-7,9-10,14H,3,8,18H2,1-2H3,(H,19,21). The van der Waals surface area contributed by atoms with Crippen LogP contribution < -0.4 is 11.1 Å². The minimum atomic E-state index is -0.295. The molecule has 0 saturated carbocycles. The fraction of sp³-hybridized carbons (Fsp3) is 0.375. The van der Waals surface area contributed by atoms with Crippen molar-refractivity contribution in [2.75, 3.05) is 0 Å². The maximum atomic E-state index is 12.1.